The maximum absolute atomic E-state index is 12.0. The Kier molecular flexibility index (Phi) is 3.45. The van der Waals surface area contributed by atoms with Crippen molar-refractivity contribution >= 4 is 42.4 Å². The first-order valence-corrected chi connectivity index (χ1v) is 9.14. The van der Waals surface area contributed by atoms with Crippen molar-refractivity contribution in [2.75, 3.05) is 0 Å². The fourth-order valence-corrected chi connectivity index (χ4v) is 4.22. The quantitative estimate of drug-likeness (QED) is 0.143. The highest BCUT2D eigenvalue weighted by Crippen LogP contribution is 2.48. The van der Waals surface area contributed by atoms with Gasteiger partial charge in [-0.25, -0.2) is 0 Å². The van der Waals surface area contributed by atoms with Crippen LogP contribution in [0.25, 0.3) is 32.3 Å². The molecule has 0 heterocycles. The Balaban J connectivity index is 2.50. The van der Waals surface area contributed by atoms with Gasteiger partial charge in [-0.15, -0.1) is 0 Å². The Morgan fingerprint density at radius 2 is 0.857 bits per heavy atom. The van der Waals surface area contributed by atoms with Gasteiger partial charge in [0.25, 0.3) is 10.1 Å². The average molecular weight is 404 g/mol. The monoisotopic (exact) mass is 404 g/mol. The van der Waals surface area contributed by atoms with E-state index in [1.165, 1.54) is 0 Å². The second kappa shape index (κ2) is 5.44. The van der Waals surface area contributed by atoms with E-state index < -0.39 is 49.5 Å². The van der Waals surface area contributed by atoms with Crippen molar-refractivity contribution in [3.63, 3.8) is 0 Å². The molecule has 4 rings (SSSR count). The normalized spacial score (nSPS) is 12.2. The number of phenolic OH excluding ortho intramolecular Hbond substituents is 6. The van der Waals surface area contributed by atoms with E-state index in [1.807, 2.05) is 0 Å². The molecule has 0 spiro atoms. The lowest BCUT2D eigenvalue weighted by Gasteiger charge is -2.16. The minimum Gasteiger partial charge on any atom is -0.504 e. The highest BCUT2D eigenvalue weighted by molar-refractivity contribution is 7.86. The Hall–Kier alpha value is -3.63. The van der Waals surface area contributed by atoms with Crippen molar-refractivity contribution in [1.29, 1.82) is 0 Å². The minimum atomic E-state index is -5.05. The predicted molar refractivity (Wildman–Crippen MR) is 98.8 cm³/mol. The summed E-state index contributed by atoms with van der Waals surface area (Å²) < 4.78 is 33.6. The molecule has 9 nitrogen and oxygen atoms in total. The van der Waals surface area contributed by atoms with Crippen LogP contribution in [0.4, 0.5) is 0 Å². The standard InChI is InChI=1S/C18H12O9S/c19-11-1-6-7-2-13(21)14(22)4-9(7)16-10(8(6)3-12(11)20)5-15(23)17(24)18(16)28(25,26)27/h1-5,19-24H,(H,25,26,27). The SMILES string of the molecule is O=S(=O)(O)c1c(O)c(O)cc2c3cc(O)c(O)cc3c3cc(O)c(O)cc3c12. The Morgan fingerprint density at radius 3 is 1.25 bits per heavy atom. The maximum Gasteiger partial charge on any atom is 0.299 e. The third kappa shape index (κ3) is 2.32. The van der Waals surface area contributed by atoms with Crippen LogP contribution in [0.15, 0.2) is 35.2 Å². The molecule has 144 valence electrons. The summed E-state index contributed by atoms with van der Waals surface area (Å²) in [4.78, 5) is -1.01. The minimum absolute atomic E-state index is 0.00850. The molecule has 10 heteroatoms. The topological polar surface area (TPSA) is 176 Å². The highest BCUT2D eigenvalue weighted by Gasteiger charge is 2.27. The summed E-state index contributed by atoms with van der Waals surface area (Å²) in [6.07, 6.45) is 0. The number of rotatable bonds is 1. The third-order valence-electron chi connectivity index (χ3n) is 4.57. The number of benzene rings is 4. The molecule has 0 radical (unpaired) electrons. The van der Waals surface area contributed by atoms with Crippen LogP contribution >= 0.6 is 0 Å². The molecule has 0 aliphatic rings. The van der Waals surface area contributed by atoms with Gasteiger partial charge in [-0.1, -0.05) is 0 Å². The van der Waals surface area contributed by atoms with E-state index in [0.717, 1.165) is 30.3 Å². The summed E-state index contributed by atoms with van der Waals surface area (Å²) in [6.45, 7) is 0. The molecule has 4 aromatic rings. The predicted octanol–water partition coefficient (Wildman–Crippen LogP) is 2.63. The number of phenols is 6. The van der Waals surface area contributed by atoms with Crippen LogP contribution in [0, 0.1) is 0 Å². The van der Waals surface area contributed by atoms with Gasteiger partial charge >= 0.3 is 0 Å². The van der Waals surface area contributed by atoms with Gasteiger partial charge in [-0.3, -0.25) is 4.55 Å². The lowest BCUT2D eigenvalue weighted by Crippen LogP contribution is -2.01. The van der Waals surface area contributed by atoms with Crippen LogP contribution in [0.1, 0.15) is 0 Å². The van der Waals surface area contributed by atoms with E-state index in [4.69, 9.17) is 0 Å². The van der Waals surface area contributed by atoms with Gasteiger partial charge in [0.1, 0.15) is 4.90 Å². The van der Waals surface area contributed by atoms with E-state index in [-0.39, 0.29) is 32.3 Å². The first kappa shape index (κ1) is 17.8. The maximum atomic E-state index is 12.0. The van der Waals surface area contributed by atoms with Gasteiger partial charge in [-0.05, 0) is 57.3 Å². The zero-order valence-corrected chi connectivity index (χ0v) is 14.6. The summed E-state index contributed by atoms with van der Waals surface area (Å²) in [5, 5.41) is 59.9. The Labute approximate surface area is 156 Å². The highest BCUT2D eigenvalue weighted by atomic mass is 32.2. The van der Waals surface area contributed by atoms with Crippen molar-refractivity contribution in [3.8, 4) is 34.5 Å². The smallest absolute Gasteiger partial charge is 0.299 e. The van der Waals surface area contributed by atoms with Gasteiger partial charge < -0.3 is 30.6 Å². The largest absolute Gasteiger partial charge is 0.504 e. The Morgan fingerprint density at radius 1 is 0.536 bits per heavy atom. The third-order valence-corrected chi connectivity index (χ3v) is 5.49. The number of hydrogen-bond acceptors (Lipinski definition) is 8. The molecule has 4 aromatic carbocycles. The second-order valence-corrected chi connectivity index (χ2v) is 7.60. The van der Waals surface area contributed by atoms with Crippen LogP contribution in [0.2, 0.25) is 0 Å². The fraction of sp³-hybridized carbons (Fsp3) is 0. The summed E-state index contributed by atoms with van der Waals surface area (Å²) in [5.74, 6) is -4.15. The summed E-state index contributed by atoms with van der Waals surface area (Å²) in [6, 6.07) is 5.38. The number of aromatic hydroxyl groups is 6. The van der Waals surface area contributed by atoms with Gasteiger partial charge in [-0.2, -0.15) is 8.42 Å². The molecule has 0 atom stereocenters. The summed E-state index contributed by atoms with van der Waals surface area (Å²) in [7, 11) is -5.05. The van der Waals surface area contributed by atoms with E-state index in [1.54, 1.807) is 0 Å². The summed E-state index contributed by atoms with van der Waals surface area (Å²) >= 11 is 0. The zero-order valence-electron chi connectivity index (χ0n) is 13.7. The number of hydrogen-bond donors (Lipinski definition) is 7. The molecule has 0 unspecified atom stereocenters. The molecule has 0 aliphatic carbocycles. The summed E-state index contributed by atoms with van der Waals surface area (Å²) in [5.41, 5.74) is 0. The Bertz CT molecular complexity index is 1390. The molecule has 0 fully saturated rings. The molecule has 0 aromatic heterocycles. The molecule has 28 heavy (non-hydrogen) atoms. The fourth-order valence-electron chi connectivity index (χ4n) is 3.39. The van der Waals surface area contributed by atoms with Crippen LogP contribution in [-0.2, 0) is 10.1 Å². The van der Waals surface area contributed by atoms with E-state index in [9.17, 15) is 43.6 Å². The zero-order chi connectivity index (χ0) is 20.5. The van der Waals surface area contributed by atoms with Crippen molar-refractivity contribution in [2.45, 2.75) is 4.90 Å². The van der Waals surface area contributed by atoms with Gasteiger partial charge in [0.05, 0.1) is 0 Å². The average Bonchev–Trinajstić information content (AvgIpc) is 2.59. The van der Waals surface area contributed by atoms with Gasteiger partial charge in [0.2, 0.25) is 0 Å². The molecular weight excluding hydrogens is 392 g/mol. The van der Waals surface area contributed by atoms with Crippen molar-refractivity contribution in [3.05, 3.63) is 30.3 Å². The molecule has 0 saturated carbocycles. The molecular formula is C18H12O9S. The van der Waals surface area contributed by atoms with Crippen LogP contribution in [-0.4, -0.2) is 43.6 Å². The molecule has 0 amide bonds. The van der Waals surface area contributed by atoms with Gasteiger partial charge in [0, 0.05) is 5.39 Å². The first-order valence-electron chi connectivity index (χ1n) is 7.70. The van der Waals surface area contributed by atoms with Crippen molar-refractivity contribution in [2.24, 2.45) is 0 Å². The van der Waals surface area contributed by atoms with Crippen molar-refractivity contribution in [1.82, 2.24) is 0 Å². The van der Waals surface area contributed by atoms with Crippen LogP contribution < -0.4 is 0 Å². The lowest BCUT2D eigenvalue weighted by molar-refractivity contribution is 0.391. The first-order chi connectivity index (χ1) is 13.0. The van der Waals surface area contributed by atoms with Gasteiger partial charge in [0.15, 0.2) is 34.5 Å². The van der Waals surface area contributed by atoms with Crippen molar-refractivity contribution < 1.29 is 43.6 Å². The van der Waals surface area contributed by atoms with E-state index >= 15 is 0 Å². The van der Waals surface area contributed by atoms with Crippen LogP contribution in [0.3, 0.4) is 0 Å². The van der Waals surface area contributed by atoms with E-state index in [2.05, 4.69) is 0 Å². The molecule has 0 aliphatic heterocycles. The second-order valence-electron chi connectivity index (χ2n) is 6.24. The molecule has 0 saturated heterocycles. The van der Waals surface area contributed by atoms with Crippen LogP contribution in [0.5, 0.6) is 34.5 Å². The molecule has 7 N–H and O–H groups in total. The molecule has 0 bridgehead atoms. The number of fused-ring (bicyclic) bond motifs is 6. The lowest BCUT2D eigenvalue weighted by atomic mass is 9.93. The van der Waals surface area contributed by atoms with E-state index in [0.29, 0.717) is 0 Å².